The van der Waals surface area contributed by atoms with E-state index in [1.807, 2.05) is 0 Å². The lowest BCUT2D eigenvalue weighted by Gasteiger charge is -2.02. The minimum Gasteiger partial charge on any atom is -0.481 e. The van der Waals surface area contributed by atoms with Crippen molar-refractivity contribution in [1.82, 2.24) is 5.16 Å². The molecule has 0 amide bonds. The van der Waals surface area contributed by atoms with Crippen LogP contribution in [0.25, 0.3) is 11.3 Å². The van der Waals surface area contributed by atoms with Crippen LogP contribution >= 0.6 is 0 Å². The van der Waals surface area contributed by atoms with Gasteiger partial charge in [0.25, 0.3) is 0 Å². The zero-order valence-corrected chi connectivity index (χ0v) is 10.1. The Morgan fingerprint density at radius 3 is 2.79 bits per heavy atom. The zero-order valence-electron chi connectivity index (χ0n) is 10.1. The number of carboxylic acid groups (broad SMARTS) is 1. The van der Waals surface area contributed by atoms with Crippen LogP contribution in [0.4, 0.5) is 8.78 Å². The van der Waals surface area contributed by atoms with Crippen LogP contribution in [0.3, 0.4) is 0 Å². The molecule has 2 aromatic rings. The van der Waals surface area contributed by atoms with Gasteiger partial charge in [-0.2, -0.15) is 0 Å². The molecule has 1 heterocycles. The topological polar surface area (TPSA) is 63.3 Å². The van der Waals surface area contributed by atoms with Crippen LogP contribution in [0.5, 0.6) is 0 Å². The van der Waals surface area contributed by atoms with Crippen molar-refractivity contribution >= 4 is 5.97 Å². The summed E-state index contributed by atoms with van der Waals surface area (Å²) in [6, 6.07) is 3.10. The number of halogens is 2. The predicted molar refractivity (Wildman–Crippen MR) is 62.5 cm³/mol. The standard InChI is InChI=1S/C13H11F2NO3/c1-7-9(4-5-12(17)18)13(19-16-7)10-3-2-8(14)6-11(10)15/h2-3,6H,4-5H2,1H3,(H,17,18). The van der Waals surface area contributed by atoms with E-state index in [2.05, 4.69) is 5.16 Å². The quantitative estimate of drug-likeness (QED) is 0.925. The number of aromatic nitrogens is 1. The minimum atomic E-state index is -0.967. The van der Waals surface area contributed by atoms with Crippen molar-refractivity contribution in [1.29, 1.82) is 0 Å². The molecule has 1 aromatic carbocycles. The fourth-order valence-electron chi connectivity index (χ4n) is 1.80. The average Bonchev–Trinajstić information content (AvgIpc) is 2.68. The first-order valence-corrected chi connectivity index (χ1v) is 5.61. The van der Waals surface area contributed by atoms with Crippen LogP contribution in [0.1, 0.15) is 17.7 Å². The molecule has 4 nitrogen and oxygen atoms in total. The Bertz CT molecular complexity index is 622. The number of aryl methyl sites for hydroxylation is 1. The molecule has 0 saturated heterocycles. The van der Waals surface area contributed by atoms with E-state index >= 15 is 0 Å². The number of rotatable bonds is 4. The molecular weight excluding hydrogens is 256 g/mol. The molecule has 0 aliphatic rings. The summed E-state index contributed by atoms with van der Waals surface area (Å²) < 4.78 is 31.6. The molecule has 0 radical (unpaired) electrons. The van der Waals surface area contributed by atoms with Crippen molar-refractivity contribution < 1.29 is 23.2 Å². The van der Waals surface area contributed by atoms with E-state index in [4.69, 9.17) is 9.63 Å². The van der Waals surface area contributed by atoms with E-state index in [9.17, 15) is 13.6 Å². The highest BCUT2D eigenvalue weighted by atomic mass is 19.1. The van der Waals surface area contributed by atoms with Crippen LogP contribution in [-0.2, 0) is 11.2 Å². The summed E-state index contributed by atoms with van der Waals surface area (Å²) in [5.41, 5.74) is 1.09. The third-order valence-electron chi connectivity index (χ3n) is 2.75. The second kappa shape index (κ2) is 5.17. The van der Waals surface area contributed by atoms with Crippen LogP contribution in [0, 0.1) is 18.6 Å². The van der Waals surface area contributed by atoms with E-state index in [0.717, 1.165) is 12.1 Å². The molecule has 0 fully saturated rings. The first-order valence-electron chi connectivity index (χ1n) is 5.61. The molecule has 0 saturated carbocycles. The molecule has 0 aliphatic carbocycles. The summed E-state index contributed by atoms with van der Waals surface area (Å²) in [7, 11) is 0. The second-order valence-corrected chi connectivity index (χ2v) is 4.09. The maximum Gasteiger partial charge on any atom is 0.303 e. The molecule has 0 spiro atoms. The van der Waals surface area contributed by atoms with Gasteiger partial charge in [-0.25, -0.2) is 8.78 Å². The van der Waals surface area contributed by atoms with Crippen LogP contribution in [0.15, 0.2) is 22.7 Å². The van der Waals surface area contributed by atoms with Crippen molar-refractivity contribution in [3.8, 4) is 11.3 Å². The van der Waals surface area contributed by atoms with E-state index in [1.54, 1.807) is 6.92 Å². The lowest BCUT2D eigenvalue weighted by Crippen LogP contribution is -1.99. The van der Waals surface area contributed by atoms with Gasteiger partial charge >= 0.3 is 5.97 Å². The number of benzene rings is 1. The van der Waals surface area contributed by atoms with Gasteiger partial charge in [0.05, 0.1) is 11.3 Å². The van der Waals surface area contributed by atoms with Gasteiger partial charge in [-0.05, 0) is 25.5 Å². The average molecular weight is 267 g/mol. The number of aliphatic carboxylic acids is 1. The first-order chi connectivity index (χ1) is 8.99. The van der Waals surface area contributed by atoms with Crippen LogP contribution < -0.4 is 0 Å². The lowest BCUT2D eigenvalue weighted by atomic mass is 10.0. The fourth-order valence-corrected chi connectivity index (χ4v) is 1.80. The van der Waals surface area contributed by atoms with E-state index in [-0.39, 0.29) is 24.2 Å². The van der Waals surface area contributed by atoms with Gasteiger partial charge in [0, 0.05) is 18.1 Å². The van der Waals surface area contributed by atoms with Crippen molar-refractivity contribution in [2.24, 2.45) is 0 Å². The van der Waals surface area contributed by atoms with Gasteiger partial charge in [-0.15, -0.1) is 0 Å². The van der Waals surface area contributed by atoms with Crippen LogP contribution in [0.2, 0.25) is 0 Å². The molecule has 2 rings (SSSR count). The Balaban J connectivity index is 2.42. The molecule has 19 heavy (non-hydrogen) atoms. The minimum absolute atomic E-state index is 0.0717. The summed E-state index contributed by atoms with van der Waals surface area (Å²) >= 11 is 0. The van der Waals surface area contributed by atoms with Crippen molar-refractivity contribution in [2.45, 2.75) is 19.8 Å². The normalized spacial score (nSPS) is 10.7. The number of hydrogen-bond donors (Lipinski definition) is 1. The smallest absolute Gasteiger partial charge is 0.303 e. The van der Waals surface area contributed by atoms with Gasteiger partial charge in [0.15, 0.2) is 5.76 Å². The van der Waals surface area contributed by atoms with E-state index in [1.165, 1.54) is 6.07 Å². The summed E-state index contributed by atoms with van der Waals surface area (Å²) in [6.45, 7) is 1.64. The van der Waals surface area contributed by atoms with Crippen molar-refractivity contribution in [3.63, 3.8) is 0 Å². The molecule has 6 heteroatoms. The molecule has 100 valence electrons. The van der Waals surface area contributed by atoms with E-state index < -0.39 is 17.6 Å². The maximum absolute atomic E-state index is 13.7. The molecule has 1 N–H and O–H groups in total. The van der Waals surface area contributed by atoms with Gasteiger partial charge in [-0.1, -0.05) is 5.16 Å². The second-order valence-electron chi connectivity index (χ2n) is 4.09. The molecular formula is C13H11F2NO3. The van der Waals surface area contributed by atoms with Crippen molar-refractivity contribution in [3.05, 3.63) is 41.1 Å². The molecule has 0 atom stereocenters. The van der Waals surface area contributed by atoms with Gasteiger partial charge in [0.2, 0.25) is 0 Å². The highest BCUT2D eigenvalue weighted by Gasteiger charge is 2.19. The van der Waals surface area contributed by atoms with Gasteiger partial charge in [-0.3, -0.25) is 4.79 Å². The number of carboxylic acids is 1. The maximum atomic E-state index is 13.7. The zero-order chi connectivity index (χ0) is 14.0. The lowest BCUT2D eigenvalue weighted by molar-refractivity contribution is -0.136. The highest BCUT2D eigenvalue weighted by Crippen LogP contribution is 2.29. The highest BCUT2D eigenvalue weighted by molar-refractivity contribution is 5.69. The third kappa shape index (κ3) is 2.78. The molecule has 1 aromatic heterocycles. The first kappa shape index (κ1) is 13.2. The van der Waals surface area contributed by atoms with Crippen LogP contribution in [-0.4, -0.2) is 16.2 Å². The third-order valence-corrected chi connectivity index (χ3v) is 2.75. The Morgan fingerprint density at radius 1 is 1.42 bits per heavy atom. The molecule has 0 bridgehead atoms. The number of nitrogens with zero attached hydrogens (tertiary/aromatic N) is 1. The largest absolute Gasteiger partial charge is 0.481 e. The summed E-state index contributed by atoms with van der Waals surface area (Å²) in [6.07, 6.45) is 0.0642. The van der Waals surface area contributed by atoms with E-state index in [0.29, 0.717) is 11.3 Å². The molecule has 0 aliphatic heterocycles. The Kier molecular flexibility index (Phi) is 3.59. The SMILES string of the molecule is Cc1noc(-c2ccc(F)cc2F)c1CCC(=O)O. The fraction of sp³-hybridized carbons (Fsp3) is 0.231. The summed E-state index contributed by atoms with van der Waals surface area (Å²) in [5.74, 6) is -2.28. The Hall–Kier alpha value is -2.24. The Morgan fingerprint density at radius 2 is 2.16 bits per heavy atom. The number of carbonyl (C=O) groups is 1. The van der Waals surface area contributed by atoms with Gasteiger partial charge < -0.3 is 9.63 Å². The predicted octanol–water partition coefficient (Wildman–Crippen LogP) is 2.95. The number of hydrogen-bond acceptors (Lipinski definition) is 3. The summed E-state index contributed by atoms with van der Waals surface area (Å²) in [4.78, 5) is 10.6. The Labute approximate surface area is 107 Å². The molecule has 0 unspecified atom stereocenters. The van der Waals surface area contributed by atoms with Gasteiger partial charge in [0.1, 0.15) is 11.6 Å². The monoisotopic (exact) mass is 267 g/mol. The van der Waals surface area contributed by atoms with Crippen molar-refractivity contribution in [2.75, 3.05) is 0 Å². The summed E-state index contributed by atoms with van der Waals surface area (Å²) in [5, 5.41) is 12.4.